The van der Waals surface area contributed by atoms with E-state index < -0.39 is 18.0 Å². The number of rotatable bonds is 7. The van der Waals surface area contributed by atoms with E-state index in [4.69, 9.17) is 12.5 Å². The summed E-state index contributed by atoms with van der Waals surface area (Å²) in [6.45, 7) is 3.57. The van der Waals surface area contributed by atoms with Crippen LogP contribution in [0.5, 0.6) is 0 Å². The second kappa shape index (κ2) is 8.53. The molecule has 2 aromatic rings. The first kappa shape index (κ1) is 21.1. The Bertz CT molecular complexity index is 1060. The van der Waals surface area contributed by atoms with E-state index >= 15 is 0 Å². The Labute approximate surface area is 181 Å². The van der Waals surface area contributed by atoms with Crippen molar-refractivity contribution >= 4 is 45.7 Å². The van der Waals surface area contributed by atoms with Crippen LogP contribution in [-0.4, -0.2) is 57.1 Å². The molecule has 30 heavy (non-hydrogen) atoms. The molecule has 2 aliphatic heterocycles. The summed E-state index contributed by atoms with van der Waals surface area (Å²) in [5.41, 5.74) is 1.26. The van der Waals surface area contributed by atoms with Crippen LogP contribution in [0.25, 0.3) is 5.52 Å². The lowest BCUT2D eigenvalue weighted by Gasteiger charge is -2.46. The van der Waals surface area contributed by atoms with E-state index in [1.807, 2.05) is 41.9 Å². The van der Waals surface area contributed by atoms with Gasteiger partial charge in [-0.2, -0.15) is 0 Å². The minimum absolute atomic E-state index is 0.0262. The molecule has 1 N–H and O–H groups in total. The number of amides is 1. The molecule has 0 saturated carbocycles. The number of hydrogen-bond donors (Lipinski definition) is 1. The normalized spacial score (nSPS) is 24.4. The zero-order valence-corrected chi connectivity index (χ0v) is 18.2. The molecule has 1 fully saturated rings. The first-order chi connectivity index (χ1) is 14.5. The molecule has 11 heteroatoms. The van der Waals surface area contributed by atoms with Gasteiger partial charge in [0.2, 0.25) is 14.5 Å². The number of aliphatic hydroxyl groups excluding tert-OH is 1. The number of imidazole rings is 1. The SMILES string of the molecule is [B]N=POC(=O)C1=C(SCCc2ncc3ccccn23)C(C)C2C(C(C)O)C(=O)N12. The van der Waals surface area contributed by atoms with Crippen molar-refractivity contribution in [3.05, 3.63) is 47.0 Å². The summed E-state index contributed by atoms with van der Waals surface area (Å²) < 4.78 is 10.4. The fraction of sp³-hybridized carbons (Fsp3) is 0.421. The van der Waals surface area contributed by atoms with E-state index in [0.717, 1.165) is 16.2 Å². The Morgan fingerprint density at radius 2 is 2.30 bits per heavy atom. The number of fused-ring (bicyclic) bond motifs is 2. The molecule has 0 aromatic carbocycles. The average Bonchev–Trinajstić information content (AvgIpc) is 3.24. The van der Waals surface area contributed by atoms with Gasteiger partial charge < -0.3 is 23.6 Å². The minimum Gasteiger partial charge on any atom is -0.393 e. The van der Waals surface area contributed by atoms with Crippen molar-refractivity contribution < 1.29 is 19.2 Å². The predicted molar refractivity (Wildman–Crippen MR) is 115 cm³/mol. The van der Waals surface area contributed by atoms with Crippen LogP contribution in [0.2, 0.25) is 0 Å². The van der Waals surface area contributed by atoms with E-state index in [9.17, 15) is 14.7 Å². The molecule has 1 amide bonds. The zero-order chi connectivity index (χ0) is 21.4. The van der Waals surface area contributed by atoms with E-state index in [-0.39, 0.29) is 32.2 Å². The van der Waals surface area contributed by atoms with Gasteiger partial charge in [0.15, 0.2) is 0 Å². The Morgan fingerprint density at radius 3 is 3.03 bits per heavy atom. The fourth-order valence-electron chi connectivity index (χ4n) is 4.25. The topological polar surface area (TPSA) is 96.5 Å². The van der Waals surface area contributed by atoms with E-state index in [2.05, 4.69) is 9.64 Å². The van der Waals surface area contributed by atoms with Crippen molar-refractivity contribution in [3.63, 3.8) is 0 Å². The van der Waals surface area contributed by atoms with Gasteiger partial charge in [0.25, 0.3) is 7.98 Å². The molecular formula is C19H20BN4O4PS. The van der Waals surface area contributed by atoms with Crippen LogP contribution in [-0.2, 0) is 20.5 Å². The number of nitrogens with zero attached hydrogens (tertiary/aromatic N) is 4. The molecule has 4 unspecified atom stereocenters. The zero-order valence-electron chi connectivity index (χ0n) is 16.5. The number of carbonyl (C=O) groups excluding carboxylic acids is 2. The second-order valence-electron chi connectivity index (χ2n) is 7.31. The summed E-state index contributed by atoms with van der Waals surface area (Å²) in [6.07, 6.45) is 3.70. The van der Waals surface area contributed by atoms with E-state index in [1.165, 1.54) is 16.7 Å². The Balaban J connectivity index is 1.56. The molecule has 0 spiro atoms. The van der Waals surface area contributed by atoms with Gasteiger partial charge in [-0.1, -0.05) is 13.0 Å². The van der Waals surface area contributed by atoms with Crippen molar-refractivity contribution in [1.82, 2.24) is 14.3 Å². The number of β-lactam (4-membered cyclic amide) rings is 1. The smallest absolute Gasteiger partial charge is 0.365 e. The van der Waals surface area contributed by atoms with Gasteiger partial charge in [0, 0.05) is 29.2 Å². The van der Waals surface area contributed by atoms with Crippen molar-refractivity contribution in [3.8, 4) is 0 Å². The first-order valence-electron chi connectivity index (χ1n) is 9.56. The van der Waals surface area contributed by atoms with Crippen LogP contribution < -0.4 is 0 Å². The highest BCUT2D eigenvalue weighted by atomic mass is 32.2. The van der Waals surface area contributed by atoms with Crippen LogP contribution in [0.15, 0.2) is 45.9 Å². The summed E-state index contributed by atoms with van der Waals surface area (Å²) in [4.78, 5) is 32.0. The summed E-state index contributed by atoms with van der Waals surface area (Å²) in [5, 5.41) is 10.0. The van der Waals surface area contributed by atoms with Gasteiger partial charge in [-0.15, -0.1) is 11.8 Å². The number of aliphatic hydroxyl groups is 1. The lowest BCUT2D eigenvalue weighted by atomic mass is 9.79. The molecule has 2 radical (unpaired) electrons. The van der Waals surface area contributed by atoms with Gasteiger partial charge in [0.1, 0.15) is 11.5 Å². The summed E-state index contributed by atoms with van der Waals surface area (Å²) >= 11 is 1.52. The number of hydrogen-bond acceptors (Lipinski definition) is 7. The molecule has 4 atom stereocenters. The van der Waals surface area contributed by atoms with Crippen LogP contribution in [0.1, 0.15) is 19.7 Å². The molecule has 4 rings (SSSR count). The largest absolute Gasteiger partial charge is 0.393 e. The first-order valence-corrected chi connectivity index (χ1v) is 11.3. The summed E-state index contributed by atoms with van der Waals surface area (Å²) in [5.74, 6) is 0.108. The van der Waals surface area contributed by atoms with E-state index in [0.29, 0.717) is 12.2 Å². The maximum atomic E-state index is 12.6. The predicted octanol–water partition coefficient (Wildman–Crippen LogP) is 2.35. The van der Waals surface area contributed by atoms with Gasteiger partial charge in [-0.3, -0.25) is 4.79 Å². The van der Waals surface area contributed by atoms with Crippen molar-refractivity contribution in [2.45, 2.75) is 32.4 Å². The molecule has 1 saturated heterocycles. The third-order valence-corrected chi connectivity index (χ3v) is 7.20. The molecule has 8 nitrogen and oxygen atoms in total. The van der Waals surface area contributed by atoms with Crippen LogP contribution in [0.3, 0.4) is 0 Å². The maximum absolute atomic E-state index is 12.6. The monoisotopic (exact) mass is 442 g/mol. The number of carbonyl (C=O) groups is 2. The fourth-order valence-corrected chi connectivity index (χ4v) is 5.68. The molecule has 0 aliphatic carbocycles. The number of aromatic nitrogens is 2. The maximum Gasteiger partial charge on any atom is 0.365 e. The van der Waals surface area contributed by atoms with Gasteiger partial charge in [0.05, 0.1) is 29.8 Å². The van der Waals surface area contributed by atoms with Gasteiger partial charge in [-0.05, 0) is 19.1 Å². The number of thioether (sulfide) groups is 1. The van der Waals surface area contributed by atoms with Crippen LogP contribution >= 0.6 is 20.4 Å². The third kappa shape index (κ3) is 3.47. The standard InChI is InChI=1S/C19H20BN4O4PS/c1-10-15-14(11(2)25)18(26)24(15)16(19(27)28-29-22-20)17(10)30-8-6-13-21-9-12-5-3-4-7-23(12)13/h3-5,7,9-11,14-15,25H,6,8H2,1-2H3. The Hall–Kier alpha value is -2.16. The highest BCUT2D eigenvalue weighted by Gasteiger charge is 2.60. The van der Waals surface area contributed by atoms with Crippen molar-refractivity contribution in [2.24, 2.45) is 16.5 Å². The second-order valence-corrected chi connectivity index (χ2v) is 9.02. The van der Waals surface area contributed by atoms with Crippen LogP contribution in [0, 0.1) is 11.8 Å². The van der Waals surface area contributed by atoms with Crippen LogP contribution in [0.4, 0.5) is 0 Å². The highest BCUT2D eigenvalue weighted by Crippen LogP contribution is 2.50. The quantitative estimate of drug-likeness (QED) is 0.402. The van der Waals surface area contributed by atoms with Crippen molar-refractivity contribution in [1.29, 1.82) is 0 Å². The minimum atomic E-state index is -0.781. The number of aryl methyl sites for hydroxylation is 1. The van der Waals surface area contributed by atoms with Gasteiger partial charge >= 0.3 is 5.97 Å². The lowest BCUT2D eigenvalue weighted by Crippen LogP contribution is -2.63. The average molecular weight is 442 g/mol. The number of pyridine rings is 1. The van der Waals surface area contributed by atoms with Gasteiger partial charge in [-0.25, -0.2) is 9.78 Å². The summed E-state index contributed by atoms with van der Waals surface area (Å²) in [6, 6.07) is 5.66. The Kier molecular flexibility index (Phi) is 6.00. The molecular weight excluding hydrogens is 422 g/mol. The molecule has 154 valence electrons. The van der Waals surface area contributed by atoms with E-state index in [1.54, 1.807) is 6.92 Å². The lowest BCUT2D eigenvalue weighted by molar-refractivity contribution is -0.162. The van der Waals surface area contributed by atoms with Crippen molar-refractivity contribution in [2.75, 3.05) is 5.75 Å². The molecule has 2 aliphatic rings. The molecule has 2 aromatic heterocycles. The third-order valence-electron chi connectivity index (χ3n) is 5.57. The highest BCUT2D eigenvalue weighted by molar-refractivity contribution is 8.03. The Morgan fingerprint density at radius 1 is 1.50 bits per heavy atom. The summed E-state index contributed by atoms with van der Waals surface area (Å²) in [7, 11) is 5.05. The molecule has 4 heterocycles. The molecule has 0 bridgehead atoms.